The summed E-state index contributed by atoms with van der Waals surface area (Å²) >= 11 is 1.06. The molecule has 0 heterocycles. The molecule has 0 saturated heterocycles. The molecule has 2 aromatic rings. The topological polar surface area (TPSA) is 109 Å². The first-order valence-electron chi connectivity index (χ1n) is 4.84. The van der Waals surface area contributed by atoms with Crippen LogP contribution in [0, 0.1) is 0 Å². The Bertz CT molecular complexity index is 390. The molecule has 0 aliphatic rings. The molecular formula is C12H16O5V+6. The minimum absolute atomic E-state index is 0.285. The van der Waals surface area contributed by atoms with Crippen LogP contribution in [0.25, 0.3) is 0 Å². The van der Waals surface area contributed by atoms with Crippen LogP contribution >= 0.6 is 0 Å². The zero-order chi connectivity index (χ0) is 14.0. The molecule has 0 fully saturated rings. The van der Waals surface area contributed by atoms with Crippen molar-refractivity contribution in [2.24, 2.45) is 0 Å². The van der Waals surface area contributed by atoms with Crippen molar-refractivity contribution in [2.45, 2.75) is 0 Å². The first-order valence-corrected chi connectivity index (χ1v) is 5.41. The van der Waals surface area contributed by atoms with Crippen LogP contribution in [-0.2, 0) is 21.0 Å². The summed E-state index contributed by atoms with van der Waals surface area (Å²) < 4.78 is 8.19. The quantitative estimate of drug-likeness (QED) is 0.663. The van der Waals surface area contributed by atoms with E-state index >= 15 is 0 Å². The van der Waals surface area contributed by atoms with Crippen molar-refractivity contribution in [1.82, 2.24) is 0 Å². The van der Waals surface area contributed by atoms with Gasteiger partial charge in [-0.05, 0) is 0 Å². The van der Waals surface area contributed by atoms with Crippen molar-refractivity contribution in [3.63, 3.8) is 0 Å². The third-order valence-corrected chi connectivity index (χ3v) is 1.85. The van der Waals surface area contributed by atoms with Gasteiger partial charge >= 0.3 is 44.0 Å². The monoisotopic (exact) mass is 291 g/mol. The third kappa shape index (κ3) is 5.93. The van der Waals surface area contributed by atoms with E-state index in [1.165, 1.54) is 0 Å². The van der Waals surface area contributed by atoms with E-state index in [-0.39, 0.29) is 23.0 Å². The van der Waals surface area contributed by atoms with E-state index in [0.717, 1.165) is 17.4 Å². The Morgan fingerprint density at radius 1 is 0.556 bits per heavy atom. The second-order valence-electron chi connectivity index (χ2n) is 3.09. The van der Waals surface area contributed by atoms with Gasteiger partial charge in [0.15, 0.2) is 0 Å². The SMILES string of the molecule is [OH2+]c1ccccc1[OH2+].[OH2+]c1ccccc1[OH2+].[O]=[V+2]. The normalized spacial score (nSPS) is 8.33. The molecule has 93 valence electrons. The molecule has 6 heteroatoms. The fourth-order valence-electron chi connectivity index (χ4n) is 0.966. The second-order valence-corrected chi connectivity index (χ2v) is 3.09. The number of hydrogen-bond acceptors (Lipinski definition) is 1. The summed E-state index contributed by atoms with van der Waals surface area (Å²) in [6, 6.07) is 13.4. The van der Waals surface area contributed by atoms with Crippen LogP contribution in [0.15, 0.2) is 48.5 Å². The predicted octanol–water partition coefficient (Wildman–Crippen LogP) is 1.00. The first kappa shape index (κ1) is 16.0. The minimum atomic E-state index is 0.285. The summed E-state index contributed by atoms with van der Waals surface area (Å²) in [5.74, 6) is 1.14. The summed E-state index contributed by atoms with van der Waals surface area (Å²) in [6.07, 6.45) is 0. The van der Waals surface area contributed by atoms with E-state index in [9.17, 15) is 0 Å². The molecule has 0 aliphatic carbocycles. The van der Waals surface area contributed by atoms with Gasteiger partial charge in [0.25, 0.3) is 0 Å². The van der Waals surface area contributed by atoms with Gasteiger partial charge in [0.2, 0.25) is 0 Å². The van der Waals surface area contributed by atoms with Gasteiger partial charge in [-0.3, -0.25) is 0 Å². The van der Waals surface area contributed by atoms with Gasteiger partial charge < -0.3 is 20.4 Å². The van der Waals surface area contributed by atoms with Gasteiger partial charge in [0.1, 0.15) is 0 Å². The Hall–Kier alpha value is -1.98. The van der Waals surface area contributed by atoms with Crippen molar-refractivity contribution >= 4 is 0 Å². The van der Waals surface area contributed by atoms with E-state index in [4.69, 9.17) is 24.1 Å². The molecule has 0 aliphatic heterocycles. The summed E-state index contributed by atoms with van der Waals surface area (Å²) in [6.45, 7) is 0. The standard InChI is InChI=1S/2C6H6O2.O.V/c2*7-5-3-1-2-4-6(5)8;;/h2*1-4,7-8H;;/q;;;+2/p+4. The van der Waals surface area contributed by atoms with Crippen LogP contribution in [0.2, 0.25) is 0 Å². The molecule has 2 rings (SSSR count). The van der Waals surface area contributed by atoms with E-state index in [1.54, 1.807) is 48.5 Å². The van der Waals surface area contributed by atoms with Crippen molar-refractivity contribution in [1.29, 1.82) is 0 Å². The zero-order valence-electron chi connectivity index (χ0n) is 9.47. The van der Waals surface area contributed by atoms with Crippen molar-refractivity contribution in [2.75, 3.05) is 0 Å². The number of para-hydroxylation sites is 4. The van der Waals surface area contributed by atoms with Crippen LogP contribution in [0.3, 0.4) is 0 Å². The Kier molecular flexibility index (Phi) is 8.10. The number of benzene rings is 2. The molecule has 0 aromatic heterocycles. The van der Waals surface area contributed by atoms with Gasteiger partial charge in [-0.2, -0.15) is 0 Å². The van der Waals surface area contributed by atoms with Gasteiger partial charge in [0.05, 0.1) is 0 Å². The summed E-state index contributed by atoms with van der Waals surface area (Å²) in [5.41, 5.74) is 0. The average molecular weight is 291 g/mol. The molecule has 0 unspecified atom stereocenters. The molecule has 0 amide bonds. The van der Waals surface area contributed by atoms with Crippen LogP contribution in [0.4, 0.5) is 0 Å². The zero-order valence-corrected chi connectivity index (χ0v) is 10.9. The van der Waals surface area contributed by atoms with Gasteiger partial charge in [-0.25, -0.2) is 0 Å². The van der Waals surface area contributed by atoms with Crippen molar-refractivity contribution < 1.29 is 41.5 Å². The third-order valence-electron chi connectivity index (χ3n) is 1.85. The molecular weight excluding hydrogens is 275 g/mol. The van der Waals surface area contributed by atoms with E-state index in [0.29, 0.717) is 0 Å². The van der Waals surface area contributed by atoms with Crippen LogP contribution < -0.4 is 0 Å². The Morgan fingerprint density at radius 3 is 0.833 bits per heavy atom. The maximum atomic E-state index is 8.19. The molecule has 2 aromatic carbocycles. The van der Waals surface area contributed by atoms with Gasteiger partial charge in [0, 0.05) is 24.3 Å². The van der Waals surface area contributed by atoms with Crippen molar-refractivity contribution in [3.8, 4) is 23.0 Å². The Labute approximate surface area is 113 Å². The molecule has 18 heavy (non-hydrogen) atoms. The Balaban J connectivity index is 0.000000283. The molecule has 5 nitrogen and oxygen atoms in total. The van der Waals surface area contributed by atoms with Crippen LogP contribution in [0.5, 0.6) is 23.0 Å². The van der Waals surface area contributed by atoms with Crippen LogP contribution in [0.1, 0.15) is 0 Å². The Morgan fingerprint density at radius 2 is 0.722 bits per heavy atom. The summed E-state index contributed by atoms with van der Waals surface area (Å²) in [5, 5.41) is 28.1. The second kappa shape index (κ2) is 9.10. The number of rotatable bonds is 0. The molecule has 8 N–H and O–H groups in total. The summed E-state index contributed by atoms with van der Waals surface area (Å²) in [4.78, 5) is 0. The predicted molar refractivity (Wildman–Crippen MR) is 65.8 cm³/mol. The summed E-state index contributed by atoms with van der Waals surface area (Å²) in [7, 11) is 0. The average Bonchev–Trinajstić information content (AvgIpc) is 2.40. The number of hydrogen-bond donors (Lipinski definition) is 0. The van der Waals surface area contributed by atoms with Gasteiger partial charge in [-0.15, -0.1) is 0 Å². The fraction of sp³-hybridized carbons (Fsp3) is 0. The molecule has 0 spiro atoms. The van der Waals surface area contributed by atoms with Crippen molar-refractivity contribution in [3.05, 3.63) is 48.5 Å². The maximum absolute atomic E-state index is 8.19. The molecule has 0 radical (unpaired) electrons. The van der Waals surface area contributed by atoms with E-state index < -0.39 is 0 Å². The molecule has 0 atom stereocenters. The van der Waals surface area contributed by atoms with Gasteiger partial charge in [-0.1, -0.05) is 24.3 Å². The van der Waals surface area contributed by atoms with E-state index in [2.05, 4.69) is 0 Å². The molecule has 0 bridgehead atoms. The first-order chi connectivity index (χ1) is 8.61. The van der Waals surface area contributed by atoms with Crippen LogP contribution in [-0.4, -0.2) is 20.4 Å². The fourth-order valence-corrected chi connectivity index (χ4v) is 0.966. The van der Waals surface area contributed by atoms with E-state index in [1.807, 2.05) is 0 Å². The molecule has 0 saturated carbocycles.